The Balaban J connectivity index is 1.54. The molecule has 1 aliphatic rings. The number of pyridine rings is 1. The minimum atomic E-state index is 0.849. The van der Waals surface area contributed by atoms with Gasteiger partial charge in [-0.05, 0) is 54.0 Å². The Hall–Kier alpha value is -3.04. The summed E-state index contributed by atoms with van der Waals surface area (Å²) in [6.45, 7) is 0. The first kappa shape index (κ1) is 17.1. The summed E-state index contributed by atoms with van der Waals surface area (Å²) in [4.78, 5) is 6.30. The average molecular weight is 382 g/mol. The molecule has 0 N–H and O–H groups in total. The van der Waals surface area contributed by atoms with Crippen molar-refractivity contribution in [1.82, 2.24) is 4.98 Å². The second-order valence-electron chi connectivity index (χ2n) is 6.74. The van der Waals surface area contributed by atoms with Crippen LogP contribution in [0.3, 0.4) is 0 Å². The third-order valence-electron chi connectivity index (χ3n) is 4.85. The van der Waals surface area contributed by atoms with Crippen molar-refractivity contribution in [3.05, 3.63) is 95.7 Å². The summed E-state index contributed by atoms with van der Waals surface area (Å²) in [5.41, 5.74) is 4.63. The zero-order valence-electron chi connectivity index (χ0n) is 15.3. The van der Waals surface area contributed by atoms with Crippen molar-refractivity contribution in [2.75, 3.05) is 5.75 Å². The van der Waals surface area contributed by atoms with E-state index in [0.717, 1.165) is 34.9 Å². The highest BCUT2D eigenvalue weighted by Gasteiger charge is 2.19. The van der Waals surface area contributed by atoms with E-state index in [2.05, 4.69) is 48.6 Å². The Morgan fingerprint density at radius 2 is 1.61 bits per heavy atom. The smallest absolute Gasteiger partial charge is 0.128 e. The standard InChI is InChI=1S/C25H19NOS/c1-3-7-18(8-4-1)11-13-23-21-15-16-28-25(21)22-17-20(12-14-24(22)26-23)27-19-9-5-2-6-10-19/h1-14,17H,15-16H2. The van der Waals surface area contributed by atoms with E-state index in [1.165, 1.54) is 21.4 Å². The highest BCUT2D eigenvalue weighted by atomic mass is 32.2. The van der Waals surface area contributed by atoms with Gasteiger partial charge in [0, 0.05) is 16.0 Å². The fraction of sp³-hybridized carbons (Fsp3) is 0.0800. The lowest BCUT2D eigenvalue weighted by molar-refractivity contribution is 0.483. The maximum Gasteiger partial charge on any atom is 0.128 e. The van der Waals surface area contributed by atoms with Gasteiger partial charge in [-0.2, -0.15) is 0 Å². The Bertz CT molecular complexity index is 1150. The van der Waals surface area contributed by atoms with Crippen LogP contribution in [0.2, 0.25) is 0 Å². The highest BCUT2D eigenvalue weighted by Crippen LogP contribution is 2.40. The van der Waals surface area contributed by atoms with Crippen molar-refractivity contribution in [1.29, 1.82) is 0 Å². The van der Waals surface area contributed by atoms with Crippen LogP contribution in [0.1, 0.15) is 16.8 Å². The summed E-state index contributed by atoms with van der Waals surface area (Å²) >= 11 is 1.92. The molecule has 0 aliphatic carbocycles. The number of aromatic nitrogens is 1. The molecule has 2 heterocycles. The quantitative estimate of drug-likeness (QED) is 0.386. The highest BCUT2D eigenvalue weighted by molar-refractivity contribution is 7.99. The van der Waals surface area contributed by atoms with Crippen LogP contribution in [0.4, 0.5) is 0 Å². The molecule has 1 aromatic heterocycles. The van der Waals surface area contributed by atoms with Gasteiger partial charge in [-0.15, -0.1) is 11.8 Å². The molecule has 3 heteroatoms. The Labute approximate surface area is 168 Å². The van der Waals surface area contributed by atoms with Gasteiger partial charge in [-0.1, -0.05) is 54.6 Å². The molecule has 0 amide bonds. The van der Waals surface area contributed by atoms with Gasteiger partial charge in [-0.25, -0.2) is 4.98 Å². The van der Waals surface area contributed by atoms with E-state index in [0.29, 0.717) is 0 Å². The number of benzene rings is 3. The summed E-state index contributed by atoms with van der Waals surface area (Å²) in [6, 6.07) is 26.5. The van der Waals surface area contributed by atoms with Crippen LogP contribution in [0.25, 0.3) is 23.1 Å². The summed E-state index contributed by atoms with van der Waals surface area (Å²) < 4.78 is 6.03. The van der Waals surface area contributed by atoms with Gasteiger partial charge in [-0.3, -0.25) is 0 Å². The molecule has 1 aliphatic heterocycles. The number of nitrogens with zero attached hydrogens (tertiary/aromatic N) is 1. The van der Waals surface area contributed by atoms with Crippen LogP contribution in [0.5, 0.6) is 11.5 Å². The molecule has 3 aromatic carbocycles. The van der Waals surface area contributed by atoms with Gasteiger partial charge in [0.25, 0.3) is 0 Å². The lowest BCUT2D eigenvalue weighted by Crippen LogP contribution is -1.94. The average Bonchev–Trinajstić information content (AvgIpc) is 3.24. The zero-order valence-corrected chi connectivity index (χ0v) is 16.2. The third-order valence-corrected chi connectivity index (χ3v) is 6.01. The van der Waals surface area contributed by atoms with Gasteiger partial charge in [0.1, 0.15) is 11.5 Å². The molecule has 28 heavy (non-hydrogen) atoms. The molecule has 0 atom stereocenters. The number of ether oxygens (including phenoxy) is 1. The second kappa shape index (κ2) is 7.53. The maximum atomic E-state index is 6.03. The van der Waals surface area contributed by atoms with Crippen LogP contribution < -0.4 is 4.74 Å². The summed E-state index contributed by atoms with van der Waals surface area (Å²) in [5.74, 6) is 2.80. The largest absolute Gasteiger partial charge is 0.457 e. The molecule has 0 fully saturated rings. The van der Waals surface area contributed by atoms with Crippen molar-refractivity contribution >= 4 is 34.8 Å². The van der Waals surface area contributed by atoms with Crippen molar-refractivity contribution in [2.45, 2.75) is 11.3 Å². The van der Waals surface area contributed by atoms with E-state index in [4.69, 9.17) is 9.72 Å². The van der Waals surface area contributed by atoms with Crippen LogP contribution in [-0.4, -0.2) is 10.7 Å². The zero-order chi connectivity index (χ0) is 18.8. The first-order valence-electron chi connectivity index (χ1n) is 9.42. The van der Waals surface area contributed by atoms with Crippen molar-refractivity contribution in [3.63, 3.8) is 0 Å². The predicted octanol–water partition coefficient (Wildman–Crippen LogP) is 6.85. The first-order chi connectivity index (χ1) is 13.9. The second-order valence-corrected chi connectivity index (χ2v) is 7.85. The van der Waals surface area contributed by atoms with Gasteiger partial charge in [0.2, 0.25) is 0 Å². The maximum absolute atomic E-state index is 6.03. The minimum Gasteiger partial charge on any atom is -0.457 e. The molecule has 0 saturated heterocycles. The van der Waals surface area contributed by atoms with Gasteiger partial charge in [0.05, 0.1) is 11.2 Å². The molecule has 4 aromatic rings. The van der Waals surface area contributed by atoms with Crippen molar-refractivity contribution < 1.29 is 4.74 Å². The molecule has 0 bridgehead atoms. The SMILES string of the molecule is C(=Cc1nc2ccc(Oc3ccccc3)cc2c2c1CCS2)c1ccccc1. The van der Waals surface area contributed by atoms with Gasteiger partial charge < -0.3 is 4.74 Å². The van der Waals surface area contributed by atoms with E-state index in [9.17, 15) is 0 Å². The van der Waals surface area contributed by atoms with Crippen molar-refractivity contribution in [3.8, 4) is 11.5 Å². The van der Waals surface area contributed by atoms with Crippen LogP contribution in [0, 0.1) is 0 Å². The molecular weight excluding hydrogens is 362 g/mol. The van der Waals surface area contributed by atoms with E-state index in [1.54, 1.807) is 0 Å². The molecule has 0 spiro atoms. The topological polar surface area (TPSA) is 22.1 Å². The Morgan fingerprint density at radius 3 is 2.43 bits per heavy atom. The third kappa shape index (κ3) is 3.41. The molecule has 0 saturated carbocycles. The number of rotatable bonds is 4. The summed E-state index contributed by atoms with van der Waals surface area (Å²) in [7, 11) is 0. The Morgan fingerprint density at radius 1 is 0.821 bits per heavy atom. The molecule has 0 unspecified atom stereocenters. The van der Waals surface area contributed by atoms with E-state index in [-0.39, 0.29) is 0 Å². The summed E-state index contributed by atoms with van der Waals surface area (Å²) in [5, 5.41) is 1.18. The van der Waals surface area contributed by atoms with Gasteiger partial charge in [0.15, 0.2) is 0 Å². The Kier molecular flexibility index (Phi) is 4.59. The van der Waals surface area contributed by atoms with E-state index < -0.39 is 0 Å². The fourth-order valence-electron chi connectivity index (χ4n) is 3.50. The fourth-order valence-corrected chi connectivity index (χ4v) is 4.71. The van der Waals surface area contributed by atoms with Crippen LogP contribution in [-0.2, 0) is 6.42 Å². The van der Waals surface area contributed by atoms with Crippen LogP contribution >= 0.6 is 11.8 Å². The number of hydrogen-bond donors (Lipinski definition) is 0. The first-order valence-corrected chi connectivity index (χ1v) is 10.4. The molecule has 136 valence electrons. The van der Waals surface area contributed by atoms with Gasteiger partial charge >= 0.3 is 0 Å². The minimum absolute atomic E-state index is 0.849. The normalized spacial score (nSPS) is 13.1. The number of hydrogen-bond acceptors (Lipinski definition) is 3. The molecule has 5 rings (SSSR count). The monoisotopic (exact) mass is 381 g/mol. The van der Waals surface area contributed by atoms with Crippen molar-refractivity contribution in [2.24, 2.45) is 0 Å². The van der Waals surface area contributed by atoms with Crippen LogP contribution in [0.15, 0.2) is 83.8 Å². The van der Waals surface area contributed by atoms with E-state index in [1.807, 2.05) is 54.2 Å². The number of thioether (sulfide) groups is 1. The van der Waals surface area contributed by atoms with E-state index >= 15 is 0 Å². The summed E-state index contributed by atoms with van der Waals surface area (Å²) in [6.07, 6.45) is 5.35. The predicted molar refractivity (Wildman–Crippen MR) is 118 cm³/mol. The molecule has 2 nitrogen and oxygen atoms in total. The number of fused-ring (bicyclic) bond motifs is 3. The molecule has 0 radical (unpaired) electrons. The lowest BCUT2D eigenvalue weighted by atomic mass is 10.1. The number of para-hydroxylation sites is 1. The molecular formula is C25H19NOS. The lowest BCUT2D eigenvalue weighted by Gasteiger charge is -2.11.